The Balaban J connectivity index is 1.72. The van der Waals surface area contributed by atoms with Crippen molar-refractivity contribution in [2.45, 2.75) is 45.7 Å². The summed E-state index contributed by atoms with van der Waals surface area (Å²) in [6, 6.07) is 11.4. The highest BCUT2D eigenvalue weighted by Crippen LogP contribution is 2.29. The van der Waals surface area contributed by atoms with Crippen molar-refractivity contribution in [1.29, 1.82) is 0 Å². The summed E-state index contributed by atoms with van der Waals surface area (Å²) >= 11 is 1.08. The fourth-order valence-corrected chi connectivity index (χ4v) is 3.95. The van der Waals surface area contributed by atoms with Gasteiger partial charge in [0, 0.05) is 18.2 Å². The molecule has 0 fully saturated rings. The first kappa shape index (κ1) is 24.2. The predicted molar refractivity (Wildman–Crippen MR) is 132 cm³/mol. The van der Waals surface area contributed by atoms with E-state index in [2.05, 4.69) is 39.7 Å². The Kier molecular flexibility index (Phi) is 7.65. The van der Waals surface area contributed by atoms with Crippen LogP contribution in [-0.4, -0.2) is 32.7 Å². The Labute approximate surface area is 196 Å². The van der Waals surface area contributed by atoms with Crippen molar-refractivity contribution < 1.29 is 9.59 Å². The molecule has 33 heavy (non-hydrogen) atoms. The Morgan fingerprint density at radius 2 is 1.76 bits per heavy atom. The average molecular weight is 466 g/mol. The third-order valence-electron chi connectivity index (χ3n) is 4.91. The van der Waals surface area contributed by atoms with Crippen LogP contribution in [0, 0.1) is 13.8 Å². The van der Waals surface area contributed by atoms with Crippen LogP contribution in [0.15, 0.2) is 46.3 Å². The SMILES string of the molecule is CC(=O)Nc1c(C)cc(C)cc1-c1nnc(SCC(=O)Nc2ccc(C(C)C)cc2)[nH]c1=O. The van der Waals surface area contributed by atoms with Crippen molar-refractivity contribution in [1.82, 2.24) is 15.2 Å². The molecule has 3 aromatic rings. The van der Waals surface area contributed by atoms with Gasteiger partial charge in [0.25, 0.3) is 5.56 Å². The number of aromatic amines is 1. The molecule has 0 saturated heterocycles. The molecule has 9 heteroatoms. The van der Waals surface area contributed by atoms with E-state index in [9.17, 15) is 14.4 Å². The van der Waals surface area contributed by atoms with Crippen molar-refractivity contribution in [3.63, 3.8) is 0 Å². The lowest BCUT2D eigenvalue weighted by Crippen LogP contribution is -2.18. The molecule has 0 spiro atoms. The van der Waals surface area contributed by atoms with Crippen LogP contribution in [0.25, 0.3) is 11.3 Å². The van der Waals surface area contributed by atoms with Crippen molar-refractivity contribution in [2.24, 2.45) is 0 Å². The van der Waals surface area contributed by atoms with Crippen LogP contribution in [0.5, 0.6) is 0 Å². The normalized spacial score (nSPS) is 10.8. The maximum absolute atomic E-state index is 12.7. The quantitative estimate of drug-likeness (QED) is 0.449. The second-order valence-corrected chi connectivity index (χ2v) is 9.07. The molecular weight excluding hydrogens is 438 g/mol. The summed E-state index contributed by atoms with van der Waals surface area (Å²) in [7, 11) is 0. The number of thioether (sulfide) groups is 1. The molecular formula is C24H27N5O3S. The van der Waals surface area contributed by atoms with Gasteiger partial charge in [-0.15, -0.1) is 10.2 Å². The van der Waals surface area contributed by atoms with Gasteiger partial charge in [0.15, 0.2) is 10.9 Å². The highest BCUT2D eigenvalue weighted by atomic mass is 32.2. The van der Waals surface area contributed by atoms with Crippen LogP contribution in [0.3, 0.4) is 0 Å². The third kappa shape index (κ3) is 6.29. The first-order chi connectivity index (χ1) is 15.6. The molecule has 0 aliphatic heterocycles. The van der Waals surface area contributed by atoms with Crippen molar-refractivity contribution in [3.05, 3.63) is 63.4 Å². The van der Waals surface area contributed by atoms with E-state index >= 15 is 0 Å². The van der Waals surface area contributed by atoms with Crippen LogP contribution in [-0.2, 0) is 9.59 Å². The molecule has 1 heterocycles. The van der Waals surface area contributed by atoms with E-state index < -0.39 is 5.56 Å². The van der Waals surface area contributed by atoms with Crippen molar-refractivity contribution in [2.75, 3.05) is 16.4 Å². The number of benzene rings is 2. The van der Waals surface area contributed by atoms with Crippen molar-refractivity contribution >= 4 is 35.0 Å². The zero-order valence-electron chi connectivity index (χ0n) is 19.3. The molecule has 3 N–H and O–H groups in total. The van der Waals surface area contributed by atoms with E-state index in [1.54, 1.807) is 6.07 Å². The van der Waals surface area contributed by atoms with Crippen LogP contribution in [0.2, 0.25) is 0 Å². The molecule has 0 saturated carbocycles. The molecule has 0 atom stereocenters. The summed E-state index contributed by atoms with van der Waals surface area (Å²) in [6.07, 6.45) is 0. The number of hydrogen-bond donors (Lipinski definition) is 3. The molecule has 2 aromatic carbocycles. The number of anilines is 2. The van der Waals surface area contributed by atoms with Crippen LogP contribution in [0.4, 0.5) is 11.4 Å². The van der Waals surface area contributed by atoms with Gasteiger partial charge in [-0.25, -0.2) is 0 Å². The fraction of sp³-hybridized carbons (Fsp3) is 0.292. The average Bonchev–Trinajstić information content (AvgIpc) is 2.74. The van der Waals surface area contributed by atoms with Gasteiger partial charge in [-0.05, 0) is 49.1 Å². The smallest absolute Gasteiger partial charge is 0.278 e. The number of carbonyl (C=O) groups is 2. The van der Waals surface area contributed by atoms with Gasteiger partial charge < -0.3 is 10.6 Å². The van der Waals surface area contributed by atoms with E-state index in [1.807, 2.05) is 44.2 Å². The van der Waals surface area contributed by atoms with E-state index in [0.717, 1.165) is 22.9 Å². The number of rotatable bonds is 7. The molecule has 1 aromatic heterocycles. The maximum Gasteiger partial charge on any atom is 0.278 e. The lowest BCUT2D eigenvalue weighted by molar-refractivity contribution is -0.114. The number of aryl methyl sites for hydroxylation is 2. The van der Waals surface area contributed by atoms with E-state index in [-0.39, 0.29) is 28.4 Å². The minimum atomic E-state index is -0.450. The fourth-order valence-electron chi connectivity index (χ4n) is 3.34. The minimum absolute atomic E-state index is 0.0661. The number of nitrogens with zero attached hydrogens (tertiary/aromatic N) is 2. The molecule has 0 aliphatic carbocycles. The Morgan fingerprint density at radius 1 is 1.06 bits per heavy atom. The number of hydrogen-bond acceptors (Lipinski definition) is 6. The molecule has 2 amide bonds. The van der Waals surface area contributed by atoms with Crippen LogP contribution >= 0.6 is 11.8 Å². The van der Waals surface area contributed by atoms with E-state index in [0.29, 0.717) is 22.9 Å². The number of H-pyrrole nitrogens is 1. The summed E-state index contributed by atoms with van der Waals surface area (Å²) in [5.41, 5.74) is 4.32. The standard InChI is InChI=1S/C24H27N5O3S/c1-13(2)17-6-8-18(9-7-17)26-20(31)12-33-24-27-23(32)22(28-29-24)19-11-14(3)10-15(4)21(19)25-16(5)30/h6-11,13H,12H2,1-5H3,(H,25,30)(H,26,31)(H,27,29,32). The van der Waals surface area contributed by atoms with Gasteiger partial charge in [0.1, 0.15) is 0 Å². The minimum Gasteiger partial charge on any atom is -0.325 e. The summed E-state index contributed by atoms with van der Waals surface area (Å²) in [5, 5.41) is 14.0. The van der Waals surface area contributed by atoms with E-state index in [1.165, 1.54) is 12.5 Å². The topological polar surface area (TPSA) is 117 Å². The zero-order chi connectivity index (χ0) is 24.1. The third-order valence-corrected chi connectivity index (χ3v) is 5.78. The van der Waals surface area contributed by atoms with Gasteiger partial charge in [0.05, 0.1) is 11.4 Å². The van der Waals surface area contributed by atoms with Crippen LogP contribution < -0.4 is 16.2 Å². The zero-order valence-corrected chi connectivity index (χ0v) is 20.1. The predicted octanol–water partition coefficient (Wildman–Crippen LogP) is 4.26. The van der Waals surface area contributed by atoms with Gasteiger partial charge in [0.2, 0.25) is 11.8 Å². The number of aromatic nitrogens is 3. The first-order valence-corrected chi connectivity index (χ1v) is 11.5. The molecule has 8 nitrogen and oxygen atoms in total. The van der Waals surface area contributed by atoms with Gasteiger partial charge in [-0.3, -0.25) is 19.4 Å². The second-order valence-electron chi connectivity index (χ2n) is 8.11. The lowest BCUT2D eigenvalue weighted by atomic mass is 10.0. The van der Waals surface area contributed by atoms with Crippen LogP contribution in [0.1, 0.15) is 43.4 Å². The number of amides is 2. The summed E-state index contributed by atoms with van der Waals surface area (Å²) in [6.45, 7) is 9.37. The Hall–Kier alpha value is -3.46. The first-order valence-electron chi connectivity index (χ1n) is 10.5. The Morgan fingerprint density at radius 3 is 2.36 bits per heavy atom. The maximum atomic E-state index is 12.7. The molecule has 0 radical (unpaired) electrons. The molecule has 172 valence electrons. The highest BCUT2D eigenvalue weighted by molar-refractivity contribution is 7.99. The summed E-state index contributed by atoms with van der Waals surface area (Å²) in [4.78, 5) is 39.3. The molecule has 3 rings (SSSR count). The van der Waals surface area contributed by atoms with Crippen molar-refractivity contribution in [3.8, 4) is 11.3 Å². The Bertz CT molecular complexity index is 1240. The largest absolute Gasteiger partial charge is 0.325 e. The lowest BCUT2D eigenvalue weighted by Gasteiger charge is -2.13. The molecule has 0 unspecified atom stereocenters. The van der Waals surface area contributed by atoms with Gasteiger partial charge in [-0.2, -0.15) is 0 Å². The summed E-state index contributed by atoms with van der Waals surface area (Å²) < 4.78 is 0. The van der Waals surface area contributed by atoms with Gasteiger partial charge in [-0.1, -0.05) is 49.4 Å². The number of carbonyl (C=O) groups excluding carboxylic acids is 2. The van der Waals surface area contributed by atoms with Gasteiger partial charge >= 0.3 is 0 Å². The summed E-state index contributed by atoms with van der Waals surface area (Å²) in [5.74, 6) is 0.0222. The number of nitrogens with one attached hydrogen (secondary N) is 3. The monoisotopic (exact) mass is 465 g/mol. The molecule has 0 aliphatic rings. The second kappa shape index (κ2) is 10.4. The van der Waals surface area contributed by atoms with E-state index in [4.69, 9.17) is 0 Å². The molecule has 0 bridgehead atoms. The highest BCUT2D eigenvalue weighted by Gasteiger charge is 2.16.